The smallest absolute Gasteiger partial charge is 0.197 e. The number of nitrogens with one attached hydrogen (secondary N) is 1. The van der Waals surface area contributed by atoms with Crippen molar-refractivity contribution in [1.82, 2.24) is 19.3 Å². The Bertz CT molecular complexity index is 1000. The summed E-state index contributed by atoms with van der Waals surface area (Å²) in [5.41, 5.74) is 9.06. The Morgan fingerprint density at radius 3 is 2.86 bits per heavy atom. The van der Waals surface area contributed by atoms with Crippen LogP contribution in [0.15, 0.2) is 34.4 Å². The highest BCUT2D eigenvalue weighted by molar-refractivity contribution is 7.99. The fourth-order valence-electron chi connectivity index (χ4n) is 2.44. The van der Waals surface area contributed by atoms with Gasteiger partial charge in [-0.05, 0) is 48.8 Å². The Morgan fingerprint density at radius 2 is 2.00 bits per heavy atom. The molecule has 3 aromatic heterocycles. The van der Waals surface area contributed by atoms with E-state index in [2.05, 4.69) is 31.5 Å². The van der Waals surface area contributed by atoms with Gasteiger partial charge in [-0.2, -0.15) is 4.37 Å². The average molecular weight is 327 g/mol. The van der Waals surface area contributed by atoms with Crippen molar-refractivity contribution >= 4 is 50.2 Å². The third-order valence-corrected chi connectivity index (χ3v) is 5.50. The SMILES string of the molecule is Cc1[nH]c2nc(Sc3nsc4ccccc34)nc(N)c2c1C. The first-order chi connectivity index (χ1) is 10.6. The van der Waals surface area contributed by atoms with Crippen LogP contribution in [0.3, 0.4) is 0 Å². The lowest BCUT2D eigenvalue weighted by Crippen LogP contribution is -1.96. The molecule has 0 aliphatic carbocycles. The van der Waals surface area contributed by atoms with E-state index in [0.717, 1.165) is 37.4 Å². The van der Waals surface area contributed by atoms with Gasteiger partial charge >= 0.3 is 0 Å². The number of aromatic amines is 1. The van der Waals surface area contributed by atoms with Gasteiger partial charge in [0.15, 0.2) is 5.16 Å². The Labute approximate surface area is 135 Å². The molecule has 0 aliphatic rings. The molecule has 5 nitrogen and oxygen atoms in total. The van der Waals surface area contributed by atoms with E-state index in [1.54, 1.807) is 0 Å². The number of aryl methyl sites for hydroxylation is 2. The predicted molar refractivity (Wildman–Crippen MR) is 91.5 cm³/mol. The molecule has 0 radical (unpaired) electrons. The van der Waals surface area contributed by atoms with Gasteiger partial charge in [-0.3, -0.25) is 0 Å². The third kappa shape index (κ3) is 2.05. The lowest BCUT2D eigenvalue weighted by Gasteiger charge is -2.01. The van der Waals surface area contributed by atoms with Crippen LogP contribution in [0.4, 0.5) is 5.82 Å². The van der Waals surface area contributed by atoms with Crippen molar-refractivity contribution in [3.63, 3.8) is 0 Å². The van der Waals surface area contributed by atoms with Gasteiger partial charge in [0.05, 0.1) is 10.1 Å². The zero-order valence-electron chi connectivity index (χ0n) is 12.0. The average Bonchev–Trinajstić information content (AvgIpc) is 3.02. The van der Waals surface area contributed by atoms with Crippen molar-refractivity contribution in [3.05, 3.63) is 35.5 Å². The number of hydrogen-bond acceptors (Lipinski definition) is 6. The fraction of sp³-hybridized carbons (Fsp3) is 0.133. The number of aromatic nitrogens is 4. The molecule has 22 heavy (non-hydrogen) atoms. The van der Waals surface area contributed by atoms with Crippen LogP contribution >= 0.6 is 23.3 Å². The first kappa shape index (κ1) is 13.5. The highest BCUT2D eigenvalue weighted by Gasteiger charge is 2.14. The Hall–Kier alpha value is -2.12. The number of nitrogens with two attached hydrogens (primary N) is 1. The number of anilines is 1. The highest BCUT2D eigenvalue weighted by Crippen LogP contribution is 2.35. The molecule has 0 fully saturated rings. The molecule has 7 heteroatoms. The fourth-order valence-corrected chi connectivity index (χ4v) is 4.19. The molecule has 0 spiro atoms. The molecule has 0 saturated heterocycles. The minimum absolute atomic E-state index is 0.508. The molecule has 0 saturated carbocycles. The van der Waals surface area contributed by atoms with E-state index in [1.807, 2.05) is 26.0 Å². The Balaban J connectivity index is 1.81. The topological polar surface area (TPSA) is 80.5 Å². The highest BCUT2D eigenvalue weighted by atomic mass is 32.2. The second-order valence-electron chi connectivity index (χ2n) is 5.08. The normalized spacial score (nSPS) is 11.5. The van der Waals surface area contributed by atoms with Crippen molar-refractivity contribution < 1.29 is 0 Å². The summed E-state index contributed by atoms with van der Waals surface area (Å²) < 4.78 is 5.65. The predicted octanol–water partition coefficient (Wildman–Crippen LogP) is 3.92. The Kier molecular flexibility index (Phi) is 3.05. The third-order valence-electron chi connectivity index (χ3n) is 3.69. The Morgan fingerprint density at radius 1 is 1.18 bits per heavy atom. The quantitative estimate of drug-likeness (QED) is 0.545. The van der Waals surface area contributed by atoms with Gasteiger partial charge in [-0.15, -0.1) is 0 Å². The van der Waals surface area contributed by atoms with Crippen molar-refractivity contribution in [2.24, 2.45) is 0 Å². The molecule has 4 aromatic rings. The van der Waals surface area contributed by atoms with Gasteiger partial charge in [0.25, 0.3) is 0 Å². The maximum absolute atomic E-state index is 6.11. The van der Waals surface area contributed by atoms with Crippen LogP contribution in [0.25, 0.3) is 21.1 Å². The maximum atomic E-state index is 6.11. The molecule has 110 valence electrons. The number of benzene rings is 1. The van der Waals surface area contributed by atoms with Crippen LogP contribution in [0.5, 0.6) is 0 Å². The van der Waals surface area contributed by atoms with Crippen LogP contribution in [-0.2, 0) is 0 Å². The van der Waals surface area contributed by atoms with Crippen LogP contribution < -0.4 is 5.73 Å². The van der Waals surface area contributed by atoms with Gasteiger partial charge in [0.2, 0.25) is 0 Å². The number of nitrogens with zero attached hydrogens (tertiary/aromatic N) is 3. The maximum Gasteiger partial charge on any atom is 0.197 e. The molecule has 0 bridgehead atoms. The summed E-state index contributed by atoms with van der Waals surface area (Å²) in [7, 11) is 0. The number of hydrogen-bond donors (Lipinski definition) is 2. The molecule has 0 atom stereocenters. The van der Waals surface area contributed by atoms with Crippen molar-refractivity contribution in [3.8, 4) is 0 Å². The zero-order valence-corrected chi connectivity index (χ0v) is 13.7. The molecular formula is C15H13N5S2. The van der Waals surface area contributed by atoms with E-state index < -0.39 is 0 Å². The molecule has 3 heterocycles. The van der Waals surface area contributed by atoms with E-state index in [4.69, 9.17) is 5.73 Å². The summed E-state index contributed by atoms with van der Waals surface area (Å²) in [6.45, 7) is 4.03. The van der Waals surface area contributed by atoms with E-state index in [-0.39, 0.29) is 0 Å². The summed E-state index contributed by atoms with van der Waals surface area (Å²) in [4.78, 5) is 12.3. The molecule has 0 unspecified atom stereocenters. The molecule has 3 N–H and O–H groups in total. The van der Waals surface area contributed by atoms with E-state index in [1.165, 1.54) is 23.3 Å². The summed E-state index contributed by atoms with van der Waals surface area (Å²) in [5.74, 6) is 0.508. The van der Waals surface area contributed by atoms with Crippen molar-refractivity contribution in [1.29, 1.82) is 0 Å². The lowest BCUT2D eigenvalue weighted by atomic mass is 10.2. The summed E-state index contributed by atoms with van der Waals surface area (Å²) in [5, 5.41) is 3.56. The molecule has 0 aliphatic heterocycles. The van der Waals surface area contributed by atoms with Gasteiger partial charge in [-0.25, -0.2) is 9.97 Å². The van der Waals surface area contributed by atoms with Crippen LogP contribution in [0.2, 0.25) is 0 Å². The van der Waals surface area contributed by atoms with Crippen molar-refractivity contribution in [2.75, 3.05) is 5.73 Å². The summed E-state index contributed by atoms with van der Waals surface area (Å²) in [6.07, 6.45) is 0. The lowest BCUT2D eigenvalue weighted by molar-refractivity contribution is 0.998. The number of rotatable bonds is 2. The minimum atomic E-state index is 0.508. The standard InChI is InChI=1S/C15H13N5S2/c1-7-8(2)17-13-11(7)12(16)18-15(19-13)21-14-9-5-3-4-6-10(9)22-20-14/h3-6H,1-2H3,(H3,16,17,18,19). The zero-order chi connectivity index (χ0) is 15.3. The first-order valence-electron chi connectivity index (χ1n) is 6.78. The van der Waals surface area contributed by atoms with Gasteiger partial charge in [-0.1, -0.05) is 18.2 Å². The van der Waals surface area contributed by atoms with E-state index in [0.29, 0.717) is 11.0 Å². The second kappa shape index (κ2) is 4.96. The molecule has 0 amide bonds. The number of H-pyrrole nitrogens is 1. The van der Waals surface area contributed by atoms with Crippen LogP contribution in [0, 0.1) is 13.8 Å². The molecular weight excluding hydrogens is 314 g/mol. The van der Waals surface area contributed by atoms with E-state index >= 15 is 0 Å². The summed E-state index contributed by atoms with van der Waals surface area (Å²) in [6, 6.07) is 8.15. The first-order valence-corrected chi connectivity index (χ1v) is 8.37. The summed E-state index contributed by atoms with van der Waals surface area (Å²) >= 11 is 2.93. The minimum Gasteiger partial charge on any atom is -0.383 e. The molecule has 1 aromatic carbocycles. The van der Waals surface area contributed by atoms with Gasteiger partial charge in [0, 0.05) is 11.1 Å². The number of nitrogen functional groups attached to an aromatic ring is 1. The van der Waals surface area contributed by atoms with Crippen molar-refractivity contribution in [2.45, 2.75) is 24.0 Å². The monoisotopic (exact) mass is 327 g/mol. The largest absolute Gasteiger partial charge is 0.383 e. The number of fused-ring (bicyclic) bond motifs is 2. The van der Waals surface area contributed by atoms with Gasteiger partial charge < -0.3 is 10.7 Å². The van der Waals surface area contributed by atoms with Crippen LogP contribution in [0.1, 0.15) is 11.3 Å². The molecule has 4 rings (SSSR count). The van der Waals surface area contributed by atoms with Crippen LogP contribution in [-0.4, -0.2) is 19.3 Å². The van der Waals surface area contributed by atoms with Gasteiger partial charge in [0.1, 0.15) is 16.5 Å². The van der Waals surface area contributed by atoms with E-state index in [9.17, 15) is 0 Å². The second-order valence-corrected chi connectivity index (χ2v) is 6.84.